The number of rotatable bonds is 6. The van der Waals surface area contributed by atoms with E-state index in [2.05, 4.69) is 4.74 Å². The lowest BCUT2D eigenvalue weighted by molar-refractivity contribution is -0.151. The normalized spacial score (nSPS) is 17.5. The molecule has 8 nitrogen and oxygen atoms in total. The Balaban J connectivity index is 1.63. The van der Waals surface area contributed by atoms with Crippen LogP contribution in [0, 0.1) is 18.7 Å². The highest BCUT2D eigenvalue weighted by molar-refractivity contribution is 7.89. The van der Waals surface area contributed by atoms with Crippen molar-refractivity contribution >= 4 is 22.0 Å². The standard InChI is InChI=1S/C20H22FNO7S/c1-13-10-16(29-18(13)20(24)27-2)12-28-19(23)14-4-3-9-22(11-14)30(25,26)17-7-5-15(21)6-8-17/h5-8,10,14H,3-4,9,11-12H2,1-2H3. The van der Waals surface area contributed by atoms with Gasteiger partial charge < -0.3 is 13.9 Å². The van der Waals surface area contributed by atoms with Crippen molar-refractivity contribution in [2.45, 2.75) is 31.3 Å². The zero-order valence-corrected chi connectivity index (χ0v) is 17.4. The fourth-order valence-corrected chi connectivity index (χ4v) is 4.81. The first-order chi connectivity index (χ1) is 14.2. The molecule has 2 aromatic rings. The van der Waals surface area contributed by atoms with Gasteiger partial charge in [-0.15, -0.1) is 0 Å². The summed E-state index contributed by atoms with van der Waals surface area (Å²) in [4.78, 5) is 24.0. The molecule has 30 heavy (non-hydrogen) atoms. The van der Waals surface area contributed by atoms with Gasteiger partial charge in [0.2, 0.25) is 15.8 Å². The fourth-order valence-electron chi connectivity index (χ4n) is 3.28. The lowest BCUT2D eigenvalue weighted by Crippen LogP contribution is -2.42. The number of esters is 2. The minimum absolute atomic E-state index is 0.0247. The zero-order chi connectivity index (χ0) is 21.9. The Bertz CT molecular complexity index is 1030. The van der Waals surface area contributed by atoms with Gasteiger partial charge in [-0.1, -0.05) is 0 Å². The van der Waals surface area contributed by atoms with E-state index in [9.17, 15) is 22.4 Å². The van der Waals surface area contributed by atoms with Gasteiger partial charge in [0, 0.05) is 18.7 Å². The van der Waals surface area contributed by atoms with Gasteiger partial charge in [-0.2, -0.15) is 4.31 Å². The van der Waals surface area contributed by atoms with Crippen LogP contribution in [0.1, 0.15) is 34.7 Å². The SMILES string of the molecule is COC(=O)c1oc(COC(=O)C2CCCN(S(=O)(=O)c3ccc(F)cc3)C2)cc1C. The smallest absolute Gasteiger partial charge is 0.374 e. The maximum absolute atomic E-state index is 13.1. The quantitative estimate of drug-likeness (QED) is 0.638. The number of ether oxygens (including phenoxy) is 2. The molecule has 1 aromatic heterocycles. The molecule has 2 heterocycles. The van der Waals surface area contributed by atoms with Crippen LogP contribution in [0.2, 0.25) is 0 Å². The zero-order valence-electron chi connectivity index (χ0n) is 16.6. The van der Waals surface area contributed by atoms with E-state index in [-0.39, 0.29) is 36.1 Å². The van der Waals surface area contributed by atoms with Gasteiger partial charge >= 0.3 is 11.9 Å². The first kappa shape index (κ1) is 22.0. The Labute approximate surface area is 173 Å². The monoisotopic (exact) mass is 439 g/mol. The van der Waals surface area contributed by atoms with Crippen molar-refractivity contribution in [3.05, 3.63) is 53.2 Å². The maximum atomic E-state index is 13.1. The van der Waals surface area contributed by atoms with Gasteiger partial charge in [0.15, 0.2) is 0 Å². The van der Waals surface area contributed by atoms with E-state index < -0.39 is 33.7 Å². The molecule has 1 aliphatic heterocycles. The van der Waals surface area contributed by atoms with Crippen LogP contribution < -0.4 is 0 Å². The number of hydrogen-bond acceptors (Lipinski definition) is 7. The van der Waals surface area contributed by atoms with Gasteiger partial charge in [0.1, 0.15) is 18.2 Å². The Morgan fingerprint density at radius 1 is 1.27 bits per heavy atom. The highest BCUT2D eigenvalue weighted by Gasteiger charge is 2.34. The van der Waals surface area contributed by atoms with Crippen molar-refractivity contribution in [1.82, 2.24) is 4.31 Å². The average molecular weight is 439 g/mol. The largest absolute Gasteiger partial charge is 0.463 e. The summed E-state index contributed by atoms with van der Waals surface area (Å²) < 4.78 is 55.1. The molecular formula is C20H22FNO7S. The second-order valence-electron chi connectivity index (χ2n) is 6.98. The molecule has 0 spiro atoms. The van der Waals surface area contributed by atoms with Crippen LogP contribution in [-0.4, -0.2) is 44.9 Å². The summed E-state index contributed by atoms with van der Waals surface area (Å²) in [5.41, 5.74) is 0.558. The second-order valence-corrected chi connectivity index (χ2v) is 8.92. The molecule has 1 unspecified atom stereocenters. The molecular weight excluding hydrogens is 417 g/mol. The van der Waals surface area contributed by atoms with Crippen molar-refractivity contribution in [3.63, 3.8) is 0 Å². The molecule has 1 aromatic carbocycles. The van der Waals surface area contributed by atoms with E-state index in [1.807, 2.05) is 0 Å². The average Bonchev–Trinajstić information content (AvgIpc) is 3.12. The number of carbonyl (C=O) groups is 2. The molecule has 3 rings (SSSR count). The van der Waals surface area contributed by atoms with Crippen LogP contribution in [0.15, 0.2) is 39.6 Å². The molecule has 0 N–H and O–H groups in total. The van der Waals surface area contributed by atoms with Crippen molar-refractivity contribution < 1.29 is 36.3 Å². The number of aryl methyl sites for hydroxylation is 1. The van der Waals surface area contributed by atoms with E-state index in [0.29, 0.717) is 18.4 Å². The lowest BCUT2D eigenvalue weighted by Gasteiger charge is -2.30. The van der Waals surface area contributed by atoms with Crippen LogP contribution in [-0.2, 0) is 30.9 Å². The number of methoxy groups -OCH3 is 1. The van der Waals surface area contributed by atoms with Crippen LogP contribution in [0.3, 0.4) is 0 Å². The van der Waals surface area contributed by atoms with Crippen molar-refractivity contribution in [3.8, 4) is 0 Å². The Morgan fingerprint density at radius 3 is 2.63 bits per heavy atom. The first-order valence-electron chi connectivity index (χ1n) is 9.32. The molecule has 162 valence electrons. The summed E-state index contributed by atoms with van der Waals surface area (Å²) in [6, 6.07) is 6.13. The number of sulfonamides is 1. The van der Waals surface area contributed by atoms with Gasteiger partial charge in [0.25, 0.3) is 0 Å². The Kier molecular flexibility index (Phi) is 6.57. The van der Waals surface area contributed by atoms with Crippen molar-refractivity contribution in [2.24, 2.45) is 5.92 Å². The van der Waals surface area contributed by atoms with Crippen molar-refractivity contribution in [2.75, 3.05) is 20.2 Å². The molecule has 1 fully saturated rings. The molecule has 0 radical (unpaired) electrons. The number of benzene rings is 1. The summed E-state index contributed by atoms with van der Waals surface area (Å²) in [5, 5.41) is 0. The van der Waals surface area contributed by atoms with E-state index in [1.165, 1.54) is 23.5 Å². The van der Waals surface area contributed by atoms with Gasteiger partial charge in [-0.25, -0.2) is 17.6 Å². The first-order valence-corrected chi connectivity index (χ1v) is 10.8. The highest BCUT2D eigenvalue weighted by Crippen LogP contribution is 2.25. The summed E-state index contributed by atoms with van der Waals surface area (Å²) >= 11 is 0. The summed E-state index contributed by atoms with van der Waals surface area (Å²) in [6.45, 7) is 1.73. The predicted molar refractivity (Wildman–Crippen MR) is 102 cm³/mol. The number of carbonyl (C=O) groups excluding carboxylic acids is 2. The predicted octanol–water partition coefficient (Wildman–Crippen LogP) is 2.66. The molecule has 0 bridgehead atoms. The van der Waals surface area contributed by atoms with E-state index in [1.54, 1.807) is 13.0 Å². The molecule has 0 amide bonds. The molecule has 0 saturated carbocycles. The van der Waals surface area contributed by atoms with Gasteiger partial charge in [-0.3, -0.25) is 4.79 Å². The molecule has 1 atom stereocenters. The van der Waals surface area contributed by atoms with E-state index >= 15 is 0 Å². The summed E-state index contributed by atoms with van der Waals surface area (Å²) in [7, 11) is -2.60. The van der Waals surface area contributed by atoms with Gasteiger partial charge in [0.05, 0.1) is 17.9 Å². The topological polar surface area (TPSA) is 103 Å². The Morgan fingerprint density at radius 2 is 1.97 bits per heavy atom. The lowest BCUT2D eigenvalue weighted by atomic mass is 10.00. The molecule has 0 aliphatic carbocycles. The number of hydrogen-bond donors (Lipinski definition) is 0. The second kappa shape index (κ2) is 8.97. The molecule has 10 heteroatoms. The fraction of sp³-hybridized carbons (Fsp3) is 0.400. The van der Waals surface area contributed by atoms with Crippen LogP contribution in [0.4, 0.5) is 4.39 Å². The number of furan rings is 1. The minimum atomic E-state index is -3.84. The third-order valence-corrected chi connectivity index (χ3v) is 6.74. The Hall–Kier alpha value is -2.72. The van der Waals surface area contributed by atoms with E-state index in [0.717, 1.165) is 12.1 Å². The minimum Gasteiger partial charge on any atom is -0.463 e. The third kappa shape index (κ3) is 4.71. The highest BCUT2D eigenvalue weighted by atomic mass is 32.2. The van der Waals surface area contributed by atoms with Crippen molar-refractivity contribution in [1.29, 1.82) is 0 Å². The number of nitrogens with zero attached hydrogens (tertiary/aromatic N) is 1. The number of halogens is 1. The third-order valence-electron chi connectivity index (χ3n) is 4.87. The van der Waals surface area contributed by atoms with Gasteiger partial charge in [-0.05, 0) is 50.1 Å². The summed E-state index contributed by atoms with van der Waals surface area (Å²) in [6.07, 6.45) is 0.978. The maximum Gasteiger partial charge on any atom is 0.374 e. The molecule has 1 saturated heterocycles. The van der Waals surface area contributed by atoms with Crippen LogP contribution in [0.25, 0.3) is 0 Å². The summed E-state index contributed by atoms with van der Waals surface area (Å²) in [5.74, 6) is -2.02. The van der Waals surface area contributed by atoms with Crippen LogP contribution in [0.5, 0.6) is 0 Å². The molecule has 1 aliphatic rings. The van der Waals surface area contributed by atoms with Crippen LogP contribution >= 0.6 is 0 Å². The number of piperidine rings is 1. The van der Waals surface area contributed by atoms with E-state index in [4.69, 9.17) is 9.15 Å².